The molecule has 0 saturated carbocycles. The summed E-state index contributed by atoms with van der Waals surface area (Å²) < 4.78 is 21.4. The zero-order valence-electron chi connectivity index (χ0n) is 16.3. The predicted molar refractivity (Wildman–Crippen MR) is 109 cm³/mol. The van der Waals surface area contributed by atoms with Gasteiger partial charge in [0.2, 0.25) is 0 Å². The zero-order chi connectivity index (χ0) is 19.8. The van der Waals surface area contributed by atoms with E-state index in [2.05, 4.69) is 20.9 Å². The van der Waals surface area contributed by atoms with E-state index in [1.165, 1.54) is 6.07 Å². The Labute approximate surface area is 166 Å². The first-order valence-electron chi connectivity index (χ1n) is 9.84. The summed E-state index contributed by atoms with van der Waals surface area (Å²) in [4.78, 5) is 4.41. The van der Waals surface area contributed by atoms with Gasteiger partial charge in [0.25, 0.3) is 0 Å². The fourth-order valence-corrected chi connectivity index (χ4v) is 3.61. The van der Waals surface area contributed by atoms with Crippen molar-refractivity contribution in [3.8, 4) is 0 Å². The zero-order valence-corrected chi connectivity index (χ0v) is 16.3. The first-order chi connectivity index (χ1) is 13.7. The number of halogens is 1. The van der Waals surface area contributed by atoms with Gasteiger partial charge in [0, 0.05) is 56.7 Å². The van der Waals surface area contributed by atoms with Gasteiger partial charge in [0.15, 0.2) is 0 Å². The number of rotatable bonds is 10. The van der Waals surface area contributed by atoms with E-state index in [0.29, 0.717) is 38.3 Å². The molecule has 5 nitrogen and oxygen atoms in total. The van der Waals surface area contributed by atoms with Crippen molar-refractivity contribution in [1.82, 2.24) is 14.4 Å². The highest BCUT2D eigenvalue weighted by molar-refractivity contribution is 5.19. The SMILES string of the molecule is C=CCN(Cc1cccn1Cc1ccccc1F)CC(O)CN1CCOCC1. The van der Waals surface area contributed by atoms with Gasteiger partial charge in [-0.2, -0.15) is 0 Å². The Bertz CT molecular complexity index is 743. The summed E-state index contributed by atoms with van der Waals surface area (Å²) in [5, 5.41) is 10.6. The number of aromatic nitrogens is 1. The van der Waals surface area contributed by atoms with Crippen molar-refractivity contribution in [1.29, 1.82) is 0 Å². The third-order valence-electron chi connectivity index (χ3n) is 5.04. The molecule has 1 N–H and O–H groups in total. The van der Waals surface area contributed by atoms with Gasteiger partial charge in [-0.1, -0.05) is 24.3 Å². The second kappa shape index (κ2) is 10.5. The van der Waals surface area contributed by atoms with E-state index < -0.39 is 6.10 Å². The monoisotopic (exact) mass is 387 g/mol. The van der Waals surface area contributed by atoms with Crippen LogP contribution < -0.4 is 0 Å². The fraction of sp³-hybridized carbons (Fsp3) is 0.455. The lowest BCUT2D eigenvalue weighted by Crippen LogP contribution is -2.44. The molecule has 1 aliphatic rings. The van der Waals surface area contributed by atoms with Crippen molar-refractivity contribution < 1.29 is 14.2 Å². The Kier molecular flexibility index (Phi) is 7.80. The lowest BCUT2D eigenvalue weighted by atomic mass is 10.2. The molecule has 6 heteroatoms. The molecule has 1 unspecified atom stereocenters. The normalized spacial score (nSPS) is 16.4. The second-order valence-corrected chi connectivity index (χ2v) is 7.27. The van der Waals surface area contributed by atoms with Crippen LogP contribution in [0.15, 0.2) is 55.3 Å². The van der Waals surface area contributed by atoms with Crippen LogP contribution in [-0.2, 0) is 17.8 Å². The van der Waals surface area contributed by atoms with Gasteiger partial charge < -0.3 is 14.4 Å². The van der Waals surface area contributed by atoms with Crippen molar-refractivity contribution in [2.45, 2.75) is 19.2 Å². The third-order valence-corrected chi connectivity index (χ3v) is 5.04. The third kappa shape index (κ3) is 6.01. The maximum absolute atomic E-state index is 14.0. The summed E-state index contributed by atoms with van der Waals surface area (Å²) in [5.74, 6) is -0.189. The van der Waals surface area contributed by atoms with E-state index in [9.17, 15) is 9.50 Å². The van der Waals surface area contributed by atoms with Crippen molar-refractivity contribution in [3.63, 3.8) is 0 Å². The van der Waals surface area contributed by atoms with E-state index >= 15 is 0 Å². The molecule has 0 bridgehead atoms. The fourth-order valence-electron chi connectivity index (χ4n) is 3.61. The maximum atomic E-state index is 14.0. The van der Waals surface area contributed by atoms with E-state index in [1.54, 1.807) is 6.07 Å². The van der Waals surface area contributed by atoms with Crippen molar-refractivity contribution in [2.24, 2.45) is 0 Å². The molecular formula is C22H30FN3O2. The first kappa shape index (κ1) is 20.7. The van der Waals surface area contributed by atoms with Gasteiger partial charge in [0.1, 0.15) is 5.82 Å². The number of hydrogen-bond acceptors (Lipinski definition) is 4. The topological polar surface area (TPSA) is 40.9 Å². The summed E-state index contributed by atoms with van der Waals surface area (Å²) in [6.07, 6.45) is 3.39. The molecule has 1 aromatic heterocycles. The van der Waals surface area contributed by atoms with Crippen LogP contribution in [0.5, 0.6) is 0 Å². The van der Waals surface area contributed by atoms with Gasteiger partial charge in [-0.15, -0.1) is 6.58 Å². The van der Waals surface area contributed by atoms with Crippen LogP contribution in [0.2, 0.25) is 0 Å². The van der Waals surface area contributed by atoms with Crippen LogP contribution in [-0.4, -0.2) is 71.5 Å². The number of benzene rings is 1. The van der Waals surface area contributed by atoms with E-state index in [4.69, 9.17) is 4.74 Å². The van der Waals surface area contributed by atoms with E-state index in [1.807, 2.05) is 36.5 Å². The van der Waals surface area contributed by atoms with Gasteiger partial charge in [-0.3, -0.25) is 9.80 Å². The highest BCUT2D eigenvalue weighted by Gasteiger charge is 2.18. The number of nitrogens with zero attached hydrogens (tertiary/aromatic N) is 3. The van der Waals surface area contributed by atoms with E-state index in [0.717, 1.165) is 32.0 Å². The Morgan fingerprint density at radius 3 is 2.75 bits per heavy atom. The number of aliphatic hydroxyl groups excluding tert-OH is 1. The molecule has 0 aliphatic carbocycles. The highest BCUT2D eigenvalue weighted by Crippen LogP contribution is 2.14. The minimum Gasteiger partial charge on any atom is -0.390 e. The second-order valence-electron chi connectivity index (χ2n) is 7.27. The molecule has 0 radical (unpaired) electrons. The Balaban J connectivity index is 1.60. The van der Waals surface area contributed by atoms with Crippen molar-refractivity contribution in [2.75, 3.05) is 45.9 Å². The Hall–Kier alpha value is -1.99. The summed E-state index contributed by atoms with van der Waals surface area (Å²) in [7, 11) is 0. The molecule has 1 aliphatic heterocycles. The lowest BCUT2D eigenvalue weighted by Gasteiger charge is -2.31. The maximum Gasteiger partial charge on any atom is 0.128 e. The highest BCUT2D eigenvalue weighted by atomic mass is 19.1. The molecule has 1 aromatic carbocycles. The minimum atomic E-state index is -0.437. The smallest absolute Gasteiger partial charge is 0.128 e. The van der Waals surface area contributed by atoms with E-state index in [-0.39, 0.29) is 5.82 Å². The Morgan fingerprint density at radius 2 is 2.00 bits per heavy atom. The average molecular weight is 387 g/mol. The van der Waals surface area contributed by atoms with Crippen LogP contribution in [0.3, 0.4) is 0 Å². The molecule has 0 amide bonds. The van der Waals surface area contributed by atoms with Gasteiger partial charge >= 0.3 is 0 Å². The summed E-state index contributed by atoms with van der Waals surface area (Å²) in [6, 6.07) is 10.9. The summed E-state index contributed by atoms with van der Waals surface area (Å²) >= 11 is 0. The van der Waals surface area contributed by atoms with Crippen molar-refractivity contribution in [3.05, 3.63) is 72.3 Å². The standard InChI is InChI=1S/C22H30FN3O2/c1-2-9-25(18-21(27)17-24-11-13-28-14-12-24)16-20-7-5-10-26(20)15-19-6-3-4-8-22(19)23/h2-8,10,21,27H,1,9,11-18H2. The molecule has 152 valence electrons. The Morgan fingerprint density at radius 1 is 1.21 bits per heavy atom. The number of hydrogen-bond donors (Lipinski definition) is 1. The lowest BCUT2D eigenvalue weighted by molar-refractivity contribution is 0.00705. The van der Waals surface area contributed by atoms with Crippen LogP contribution in [0, 0.1) is 5.82 Å². The van der Waals surface area contributed by atoms with Gasteiger partial charge in [0.05, 0.1) is 25.9 Å². The first-order valence-corrected chi connectivity index (χ1v) is 9.84. The molecule has 1 atom stereocenters. The summed E-state index contributed by atoms with van der Waals surface area (Å²) in [6.45, 7) is 10.1. The van der Waals surface area contributed by atoms with Gasteiger partial charge in [-0.05, 0) is 18.2 Å². The molecule has 2 aromatic rings. The van der Waals surface area contributed by atoms with Gasteiger partial charge in [-0.25, -0.2) is 4.39 Å². The van der Waals surface area contributed by atoms with Crippen LogP contribution in [0.4, 0.5) is 4.39 Å². The summed E-state index contributed by atoms with van der Waals surface area (Å²) in [5.41, 5.74) is 1.76. The molecule has 28 heavy (non-hydrogen) atoms. The molecular weight excluding hydrogens is 357 g/mol. The minimum absolute atomic E-state index is 0.189. The number of β-amino-alcohol motifs (C(OH)–C–C–N with tert-alkyl or cyclic N) is 1. The average Bonchev–Trinajstić information content (AvgIpc) is 3.11. The number of morpholine rings is 1. The molecule has 0 spiro atoms. The van der Waals surface area contributed by atoms with Crippen LogP contribution in [0.1, 0.15) is 11.3 Å². The molecule has 3 rings (SSSR count). The largest absolute Gasteiger partial charge is 0.390 e. The van der Waals surface area contributed by atoms with Crippen LogP contribution in [0.25, 0.3) is 0 Å². The van der Waals surface area contributed by atoms with Crippen molar-refractivity contribution >= 4 is 0 Å². The molecule has 1 fully saturated rings. The molecule has 2 heterocycles. The van der Waals surface area contributed by atoms with Crippen LogP contribution >= 0.6 is 0 Å². The predicted octanol–water partition coefficient (Wildman–Crippen LogP) is 2.36. The number of aliphatic hydroxyl groups is 1. The quantitative estimate of drug-likeness (QED) is 0.636. The number of ether oxygens (including phenoxy) is 1. The molecule has 1 saturated heterocycles.